The topological polar surface area (TPSA) is 114 Å². The zero-order chi connectivity index (χ0) is 44.5. The molecule has 8 rings (SSSR count). The van der Waals surface area contributed by atoms with Crippen LogP contribution in [-0.4, -0.2) is 37.3 Å². The third kappa shape index (κ3) is 13.1. The lowest BCUT2D eigenvalue weighted by Gasteiger charge is -2.20. The molecule has 7 aromatic carbocycles. The quantitative estimate of drug-likeness (QED) is 0.0734. The average molecular weight is 869 g/mol. The standard InChI is InChI=1S/C55H52N2O8/c58-53(45-26-28-49(60-35-40-16-6-1-7-17-40)51(31-45)62-37-42-20-10-3-11-21-42)56-33-47-30-48(65-55(47)64-39-44-24-14-5-15-25-44)34-57-54(59)46-27-29-50(61-36-41-18-8-2-9-19-41)52(32-46)63-38-43-22-12-4-13-23-43/h1-29,31-32,47-48,55H,30,33-39H2,(H,56,58)(H,57,59). The predicted molar refractivity (Wildman–Crippen MR) is 249 cm³/mol. The maximum absolute atomic E-state index is 13.8. The highest BCUT2D eigenvalue weighted by Gasteiger charge is 2.36. The molecule has 3 atom stereocenters. The summed E-state index contributed by atoms with van der Waals surface area (Å²) in [6, 6.07) is 59.7. The van der Waals surface area contributed by atoms with Gasteiger partial charge in [0.05, 0.1) is 12.7 Å². The van der Waals surface area contributed by atoms with E-state index in [2.05, 4.69) is 10.6 Å². The molecule has 330 valence electrons. The highest BCUT2D eigenvalue weighted by atomic mass is 16.7. The number of ether oxygens (including phenoxy) is 6. The van der Waals surface area contributed by atoms with Gasteiger partial charge in [0.2, 0.25) is 0 Å². The van der Waals surface area contributed by atoms with Crippen molar-refractivity contribution in [2.45, 2.75) is 51.8 Å². The minimum Gasteiger partial charge on any atom is -0.485 e. The molecule has 1 heterocycles. The smallest absolute Gasteiger partial charge is 0.251 e. The van der Waals surface area contributed by atoms with Gasteiger partial charge in [-0.2, -0.15) is 0 Å². The molecule has 0 bridgehead atoms. The molecule has 65 heavy (non-hydrogen) atoms. The molecule has 2 N–H and O–H groups in total. The number of hydrogen-bond acceptors (Lipinski definition) is 8. The molecule has 10 nitrogen and oxygen atoms in total. The van der Waals surface area contributed by atoms with Crippen molar-refractivity contribution >= 4 is 11.8 Å². The van der Waals surface area contributed by atoms with Gasteiger partial charge in [0, 0.05) is 30.1 Å². The zero-order valence-corrected chi connectivity index (χ0v) is 36.1. The van der Waals surface area contributed by atoms with Gasteiger partial charge < -0.3 is 39.1 Å². The Balaban J connectivity index is 0.918. The van der Waals surface area contributed by atoms with Crippen LogP contribution in [-0.2, 0) is 42.5 Å². The van der Waals surface area contributed by atoms with E-state index in [1.807, 2.05) is 152 Å². The van der Waals surface area contributed by atoms with E-state index < -0.39 is 6.29 Å². The van der Waals surface area contributed by atoms with Crippen molar-refractivity contribution in [1.82, 2.24) is 10.6 Å². The van der Waals surface area contributed by atoms with Gasteiger partial charge in [-0.05, 0) is 70.6 Å². The Hall–Kier alpha value is -7.40. The summed E-state index contributed by atoms with van der Waals surface area (Å²) in [5.41, 5.74) is 5.85. The average Bonchev–Trinajstić information content (AvgIpc) is 3.77. The van der Waals surface area contributed by atoms with Crippen LogP contribution >= 0.6 is 0 Å². The summed E-state index contributed by atoms with van der Waals surface area (Å²) >= 11 is 0. The number of hydrogen-bond donors (Lipinski definition) is 2. The summed E-state index contributed by atoms with van der Waals surface area (Å²) in [5, 5.41) is 6.16. The predicted octanol–water partition coefficient (Wildman–Crippen LogP) is 10.1. The van der Waals surface area contributed by atoms with Crippen molar-refractivity contribution in [1.29, 1.82) is 0 Å². The Morgan fingerprint density at radius 2 is 0.785 bits per heavy atom. The molecule has 7 aromatic rings. The van der Waals surface area contributed by atoms with Crippen molar-refractivity contribution in [2.75, 3.05) is 13.1 Å². The fourth-order valence-corrected chi connectivity index (χ4v) is 7.38. The molecular formula is C55H52N2O8. The van der Waals surface area contributed by atoms with Crippen LogP contribution in [0.2, 0.25) is 0 Å². The van der Waals surface area contributed by atoms with Crippen molar-refractivity contribution in [3.63, 3.8) is 0 Å². The molecule has 2 amide bonds. The van der Waals surface area contributed by atoms with Crippen LogP contribution in [0.25, 0.3) is 0 Å². The summed E-state index contributed by atoms with van der Waals surface area (Å²) < 4.78 is 37.6. The molecule has 0 spiro atoms. The van der Waals surface area contributed by atoms with Crippen molar-refractivity contribution in [2.24, 2.45) is 5.92 Å². The van der Waals surface area contributed by atoms with Gasteiger partial charge in [0.15, 0.2) is 29.3 Å². The third-order valence-electron chi connectivity index (χ3n) is 10.9. The third-order valence-corrected chi connectivity index (χ3v) is 10.9. The second-order valence-corrected chi connectivity index (χ2v) is 15.8. The van der Waals surface area contributed by atoms with E-state index in [1.165, 1.54) is 0 Å². The van der Waals surface area contributed by atoms with E-state index in [4.69, 9.17) is 28.4 Å². The summed E-state index contributed by atoms with van der Waals surface area (Å²) in [6.45, 7) is 2.15. The number of carbonyl (C=O) groups excluding carboxylic acids is 2. The minimum atomic E-state index is -0.630. The highest BCUT2D eigenvalue weighted by Crippen LogP contribution is 2.33. The van der Waals surface area contributed by atoms with E-state index in [0.29, 0.717) is 73.6 Å². The first-order valence-electron chi connectivity index (χ1n) is 21.8. The van der Waals surface area contributed by atoms with Gasteiger partial charge in [-0.15, -0.1) is 0 Å². The number of rotatable bonds is 21. The van der Waals surface area contributed by atoms with E-state index in [0.717, 1.165) is 27.8 Å². The second kappa shape index (κ2) is 22.8. The Bertz CT molecular complexity index is 2560. The Kier molecular flexibility index (Phi) is 15.5. The molecule has 1 fully saturated rings. The summed E-state index contributed by atoms with van der Waals surface area (Å²) in [4.78, 5) is 27.5. The van der Waals surface area contributed by atoms with Crippen LogP contribution in [0, 0.1) is 5.92 Å². The van der Waals surface area contributed by atoms with Crippen LogP contribution in [0.4, 0.5) is 0 Å². The molecular weight excluding hydrogens is 817 g/mol. The zero-order valence-electron chi connectivity index (χ0n) is 36.1. The van der Waals surface area contributed by atoms with Crippen molar-refractivity contribution in [3.05, 3.63) is 227 Å². The highest BCUT2D eigenvalue weighted by molar-refractivity contribution is 5.95. The van der Waals surface area contributed by atoms with Crippen molar-refractivity contribution < 1.29 is 38.0 Å². The summed E-state index contributed by atoms with van der Waals surface area (Å²) in [7, 11) is 0. The maximum Gasteiger partial charge on any atom is 0.251 e. The summed E-state index contributed by atoms with van der Waals surface area (Å²) in [6.07, 6.45) is -0.465. The molecule has 0 radical (unpaired) electrons. The maximum atomic E-state index is 13.8. The van der Waals surface area contributed by atoms with E-state index >= 15 is 0 Å². The van der Waals surface area contributed by atoms with Crippen LogP contribution < -0.4 is 29.6 Å². The van der Waals surface area contributed by atoms with E-state index in [9.17, 15) is 9.59 Å². The molecule has 1 aliphatic heterocycles. The van der Waals surface area contributed by atoms with Crippen LogP contribution in [0.5, 0.6) is 23.0 Å². The van der Waals surface area contributed by atoms with E-state index in [-0.39, 0.29) is 36.9 Å². The minimum absolute atomic E-state index is 0.203. The Morgan fingerprint density at radius 1 is 0.431 bits per heavy atom. The van der Waals surface area contributed by atoms with Gasteiger partial charge >= 0.3 is 0 Å². The fraction of sp³-hybridized carbons (Fsp3) is 0.200. The number of benzene rings is 7. The largest absolute Gasteiger partial charge is 0.485 e. The van der Waals surface area contributed by atoms with E-state index in [1.54, 1.807) is 36.4 Å². The monoisotopic (exact) mass is 868 g/mol. The van der Waals surface area contributed by atoms with Gasteiger partial charge in [0.1, 0.15) is 26.4 Å². The van der Waals surface area contributed by atoms with Gasteiger partial charge in [-0.3, -0.25) is 9.59 Å². The lowest BCUT2D eigenvalue weighted by Crippen LogP contribution is -2.34. The molecule has 1 saturated heterocycles. The lowest BCUT2D eigenvalue weighted by molar-refractivity contribution is -0.154. The summed E-state index contributed by atoms with van der Waals surface area (Å²) in [5.74, 6) is 1.23. The van der Waals surface area contributed by atoms with Gasteiger partial charge in [-0.25, -0.2) is 0 Å². The normalized spacial score (nSPS) is 15.4. The van der Waals surface area contributed by atoms with Crippen molar-refractivity contribution in [3.8, 4) is 23.0 Å². The molecule has 0 aromatic heterocycles. The Labute approximate surface area is 380 Å². The first-order valence-corrected chi connectivity index (χ1v) is 21.8. The first kappa shape index (κ1) is 44.2. The molecule has 0 aliphatic carbocycles. The number of carbonyl (C=O) groups is 2. The molecule has 3 unspecified atom stereocenters. The molecule has 1 aliphatic rings. The fourth-order valence-electron chi connectivity index (χ4n) is 7.38. The number of nitrogens with one attached hydrogen (secondary N) is 2. The Morgan fingerprint density at radius 3 is 1.18 bits per heavy atom. The molecule has 0 saturated carbocycles. The van der Waals surface area contributed by atoms with Crippen LogP contribution in [0.1, 0.15) is 55.0 Å². The van der Waals surface area contributed by atoms with Crippen LogP contribution in [0.15, 0.2) is 188 Å². The second-order valence-electron chi connectivity index (χ2n) is 15.8. The lowest BCUT2D eigenvalue weighted by atomic mass is 10.0. The first-order chi connectivity index (χ1) is 32.0. The van der Waals surface area contributed by atoms with Crippen LogP contribution in [0.3, 0.4) is 0 Å². The SMILES string of the molecule is O=C(NCC1CC(CNC(=O)c2ccc(OCc3ccccc3)c(OCc3ccccc3)c2)C(OCc2ccccc2)O1)c1ccc(OCc2ccccc2)c(OCc2ccccc2)c1. The van der Waals surface area contributed by atoms with Gasteiger partial charge in [-0.1, -0.05) is 152 Å². The number of amides is 2. The molecule has 10 heteroatoms. The van der Waals surface area contributed by atoms with Gasteiger partial charge in [0.25, 0.3) is 11.8 Å².